The summed E-state index contributed by atoms with van der Waals surface area (Å²) in [4.78, 5) is 24.2. The molecule has 0 spiro atoms. The van der Waals surface area contributed by atoms with Crippen LogP contribution in [0.3, 0.4) is 0 Å². The fraction of sp³-hybridized carbons (Fsp3) is 0.333. The van der Waals surface area contributed by atoms with Crippen LogP contribution in [0.25, 0.3) is 0 Å². The zero-order valence-corrected chi connectivity index (χ0v) is 10.5. The van der Waals surface area contributed by atoms with Crippen molar-refractivity contribution in [1.29, 1.82) is 0 Å². The minimum Gasteiger partial charge on any atom is -0.478 e. The first-order valence-corrected chi connectivity index (χ1v) is 5.48. The van der Waals surface area contributed by atoms with Crippen molar-refractivity contribution in [2.45, 2.75) is 6.42 Å². The maximum absolute atomic E-state index is 13.1. The summed E-state index contributed by atoms with van der Waals surface area (Å²) in [5.74, 6) is -4.40. The van der Waals surface area contributed by atoms with Gasteiger partial charge in [0, 0.05) is 19.0 Å². The van der Waals surface area contributed by atoms with E-state index in [1.807, 2.05) is 0 Å². The quantitative estimate of drug-likeness (QED) is 0.853. The maximum Gasteiger partial charge on any atom is 0.337 e. The third-order valence-electron chi connectivity index (χ3n) is 2.35. The Kier molecular flexibility index (Phi) is 4.94. The van der Waals surface area contributed by atoms with E-state index >= 15 is 0 Å². The Bertz CT molecular complexity index is 504. The Morgan fingerprint density at radius 3 is 2.37 bits per heavy atom. The molecule has 0 atom stereocenters. The third kappa shape index (κ3) is 4.29. The number of nitrogens with zero attached hydrogens (tertiary/aromatic N) is 1. The van der Waals surface area contributed by atoms with E-state index in [4.69, 9.17) is 5.11 Å². The van der Waals surface area contributed by atoms with Crippen LogP contribution >= 0.6 is 0 Å². The van der Waals surface area contributed by atoms with Crippen LogP contribution in [0.4, 0.5) is 14.5 Å². The number of halogens is 2. The van der Waals surface area contributed by atoms with Crippen LogP contribution in [0.5, 0.6) is 0 Å². The van der Waals surface area contributed by atoms with E-state index in [9.17, 15) is 18.4 Å². The van der Waals surface area contributed by atoms with E-state index in [2.05, 4.69) is 5.32 Å². The molecule has 0 radical (unpaired) electrons. The molecule has 1 rings (SSSR count). The van der Waals surface area contributed by atoms with E-state index in [-0.39, 0.29) is 12.1 Å². The minimum atomic E-state index is -1.44. The number of rotatable bonds is 5. The number of benzene rings is 1. The van der Waals surface area contributed by atoms with Gasteiger partial charge in [-0.2, -0.15) is 0 Å². The molecule has 19 heavy (non-hydrogen) atoms. The topological polar surface area (TPSA) is 69.6 Å². The molecule has 1 aromatic carbocycles. The minimum absolute atomic E-state index is 0.116. The monoisotopic (exact) mass is 272 g/mol. The van der Waals surface area contributed by atoms with Crippen LogP contribution < -0.4 is 5.32 Å². The van der Waals surface area contributed by atoms with Gasteiger partial charge in [0.25, 0.3) is 0 Å². The molecular formula is C12H14F2N2O3. The van der Waals surface area contributed by atoms with Gasteiger partial charge < -0.3 is 15.3 Å². The van der Waals surface area contributed by atoms with Crippen LogP contribution in [-0.4, -0.2) is 42.5 Å². The van der Waals surface area contributed by atoms with Crippen molar-refractivity contribution >= 4 is 17.6 Å². The lowest BCUT2D eigenvalue weighted by Gasteiger charge is -2.11. The first kappa shape index (κ1) is 15.0. The van der Waals surface area contributed by atoms with Gasteiger partial charge in [0.05, 0.1) is 11.3 Å². The Morgan fingerprint density at radius 1 is 1.26 bits per heavy atom. The van der Waals surface area contributed by atoms with E-state index in [0.29, 0.717) is 18.7 Å². The standard InChI is InChI=1S/C12H14F2N2O3/c1-16(2)4-3-11(17)15-10-6-9(14)8(13)5-7(10)12(18)19/h5-6H,3-4H2,1-2H3,(H,15,17)(H,18,19). The number of hydrogen-bond donors (Lipinski definition) is 2. The molecule has 0 aliphatic carbocycles. The van der Waals surface area contributed by atoms with Crippen LogP contribution in [0.2, 0.25) is 0 Å². The summed E-state index contributed by atoms with van der Waals surface area (Å²) >= 11 is 0. The number of carboxylic acids is 1. The molecule has 0 heterocycles. The predicted octanol–water partition coefficient (Wildman–Crippen LogP) is 1.55. The predicted molar refractivity (Wildman–Crippen MR) is 65.1 cm³/mol. The van der Waals surface area contributed by atoms with E-state index < -0.39 is 29.1 Å². The van der Waals surface area contributed by atoms with Gasteiger partial charge in [0.2, 0.25) is 5.91 Å². The van der Waals surface area contributed by atoms with Crippen molar-refractivity contribution in [3.63, 3.8) is 0 Å². The van der Waals surface area contributed by atoms with Crippen LogP contribution in [0.1, 0.15) is 16.8 Å². The number of hydrogen-bond acceptors (Lipinski definition) is 3. The van der Waals surface area contributed by atoms with Gasteiger partial charge in [0.1, 0.15) is 0 Å². The summed E-state index contributed by atoms with van der Waals surface area (Å²) in [7, 11) is 3.54. The summed E-state index contributed by atoms with van der Waals surface area (Å²) in [5, 5.41) is 11.1. The number of anilines is 1. The molecule has 0 saturated carbocycles. The Morgan fingerprint density at radius 2 is 1.84 bits per heavy atom. The molecular weight excluding hydrogens is 258 g/mol. The molecule has 0 unspecified atom stereocenters. The van der Waals surface area contributed by atoms with Crippen LogP contribution in [0, 0.1) is 11.6 Å². The van der Waals surface area contributed by atoms with Crippen molar-refractivity contribution in [3.8, 4) is 0 Å². The Labute approximate surface area is 108 Å². The highest BCUT2D eigenvalue weighted by atomic mass is 19.2. The van der Waals surface area contributed by atoms with Gasteiger partial charge >= 0.3 is 5.97 Å². The summed E-state index contributed by atoms with van der Waals surface area (Å²) in [6, 6.07) is 1.20. The second kappa shape index (κ2) is 6.24. The molecule has 0 bridgehead atoms. The van der Waals surface area contributed by atoms with E-state index in [1.54, 1.807) is 19.0 Å². The lowest BCUT2D eigenvalue weighted by atomic mass is 10.1. The van der Waals surface area contributed by atoms with Gasteiger partial charge in [-0.25, -0.2) is 13.6 Å². The molecule has 0 saturated heterocycles. The smallest absolute Gasteiger partial charge is 0.337 e. The second-order valence-corrected chi connectivity index (χ2v) is 4.22. The molecule has 0 fully saturated rings. The molecule has 1 aromatic rings. The van der Waals surface area contributed by atoms with Gasteiger partial charge in [-0.3, -0.25) is 4.79 Å². The number of amides is 1. The number of nitrogens with one attached hydrogen (secondary N) is 1. The average molecular weight is 272 g/mol. The van der Waals surface area contributed by atoms with Crippen molar-refractivity contribution in [2.75, 3.05) is 26.0 Å². The summed E-state index contributed by atoms with van der Waals surface area (Å²) in [5.41, 5.74) is -0.743. The summed E-state index contributed by atoms with van der Waals surface area (Å²) in [6.45, 7) is 0.456. The SMILES string of the molecule is CN(C)CCC(=O)Nc1cc(F)c(F)cc1C(=O)O. The number of aromatic carboxylic acids is 1. The normalized spacial score (nSPS) is 10.6. The molecule has 0 aromatic heterocycles. The second-order valence-electron chi connectivity index (χ2n) is 4.22. The van der Waals surface area contributed by atoms with Crippen molar-refractivity contribution < 1.29 is 23.5 Å². The zero-order chi connectivity index (χ0) is 14.6. The van der Waals surface area contributed by atoms with Crippen molar-refractivity contribution in [2.24, 2.45) is 0 Å². The third-order valence-corrected chi connectivity index (χ3v) is 2.35. The van der Waals surface area contributed by atoms with Gasteiger partial charge in [-0.05, 0) is 20.2 Å². The maximum atomic E-state index is 13.1. The first-order chi connectivity index (χ1) is 8.81. The molecule has 0 aliphatic rings. The van der Waals surface area contributed by atoms with Crippen molar-refractivity contribution in [1.82, 2.24) is 4.90 Å². The van der Waals surface area contributed by atoms with Crippen molar-refractivity contribution in [3.05, 3.63) is 29.3 Å². The molecule has 104 valence electrons. The molecule has 1 amide bonds. The Balaban J connectivity index is 2.90. The average Bonchev–Trinajstić information content (AvgIpc) is 2.30. The molecule has 7 heteroatoms. The summed E-state index contributed by atoms with van der Waals surface area (Å²) in [6.07, 6.45) is 0.116. The molecule has 5 nitrogen and oxygen atoms in total. The highest BCUT2D eigenvalue weighted by Gasteiger charge is 2.17. The van der Waals surface area contributed by atoms with Gasteiger partial charge in [0.15, 0.2) is 11.6 Å². The van der Waals surface area contributed by atoms with E-state index in [0.717, 1.165) is 0 Å². The highest BCUT2D eigenvalue weighted by Crippen LogP contribution is 2.20. The van der Waals surface area contributed by atoms with Gasteiger partial charge in [-0.15, -0.1) is 0 Å². The fourth-order valence-electron chi connectivity index (χ4n) is 1.37. The fourth-order valence-corrected chi connectivity index (χ4v) is 1.37. The molecule has 2 N–H and O–H groups in total. The van der Waals surface area contributed by atoms with Crippen LogP contribution in [-0.2, 0) is 4.79 Å². The van der Waals surface area contributed by atoms with Gasteiger partial charge in [-0.1, -0.05) is 0 Å². The molecule has 0 aliphatic heterocycles. The summed E-state index contributed by atoms with van der Waals surface area (Å²) < 4.78 is 26.0. The van der Waals surface area contributed by atoms with E-state index in [1.165, 1.54) is 0 Å². The first-order valence-electron chi connectivity index (χ1n) is 5.48. The van der Waals surface area contributed by atoms with Crippen LogP contribution in [0.15, 0.2) is 12.1 Å². The number of carboxylic acid groups (broad SMARTS) is 1. The highest BCUT2D eigenvalue weighted by molar-refractivity contribution is 6.00. The largest absolute Gasteiger partial charge is 0.478 e. The number of carbonyl (C=O) groups excluding carboxylic acids is 1. The Hall–Kier alpha value is -2.02. The zero-order valence-electron chi connectivity index (χ0n) is 10.5. The lowest BCUT2D eigenvalue weighted by molar-refractivity contribution is -0.116. The lowest BCUT2D eigenvalue weighted by Crippen LogP contribution is -2.22. The number of carbonyl (C=O) groups is 2.